The second kappa shape index (κ2) is 13.0. The summed E-state index contributed by atoms with van der Waals surface area (Å²) < 4.78 is 50.2. The summed E-state index contributed by atoms with van der Waals surface area (Å²) in [5.41, 5.74) is -2.11. The zero-order chi connectivity index (χ0) is 32.1. The molecule has 0 spiro atoms. The number of aromatic nitrogens is 5. The molecule has 0 fully saturated rings. The van der Waals surface area contributed by atoms with Gasteiger partial charge in [-0.05, 0) is 46.2 Å². The van der Waals surface area contributed by atoms with Gasteiger partial charge < -0.3 is 19.7 Å². The van der Waals surface area contributed by atoms with Gasteiger partial charge in [-0.3, -0.25) is 19.8 Å². The number of hydrogen-bond acceptors (Lipinski definition) is 12. The Morgan fingerprint density at radius 1 is 1.16 bits per heavy atom. The summed E-state index contributed by atoms with van der Waals surface area (Å²) >= 11 is 0. The summed E-state index contributed by atoms with van der Waals surface area (Å²) in [6.07, 6.45) is -0.335. The number of likely N-dealkylation sites (N-methyl/N-ethyl adjacent to an activating group) is 1. The molecule has 1 atom stereocenters. The Kier molecular flexibility index (Phi) is 9.88. The van der Waals surface area contributed by atoms with Crippen molar-refractivity contribution in [3.8, 4) is 0 Å². The number of nitrogens with zero attached hydrogens (tertiary/aromatic N) is 7. The van der Waals surface area contributed by atoms with E-state index in [2.05, 4.69) is 25.4 Å². The van der Waals surface area contributed by atoms with Crippen molar-refractivity contribution in [2.45, 2.75) is 65.5 Å². The summed E-state index contributed by atoms with van der Waals surface area (Å²) in [4.78, 5) is 49.5. The quantitative estimate of drug-likeness (QED) is 0.189. The summed E-state index contributed by atoms with van der Waals surface area (Å²) in [5, 5.41) is 19.1. The van der Waals surface area contributed by atoms with Gasteiger partial charge in [-0.2, -0.15) is 28.2 Å². The highest BCUT2D eigenvalue weighted by molar-refractivity contribution is 5.95. The van der Waals surface area contributed by atoms with Crippen LogP contribution in [0.25, 0.3) is 0 Å². The van der Waals surface area contributed by atoms with Crippen molar-refractivity contribution in [1.82, 2.24) is 24.7 Å². The molecule has 14 nitrogen and oxygen atoms in total. The van der Waals surface area contributed by atoms with Gasteiger partial charge in [0.05, 0.1) is 24.3 Å². The molecule has 1 N–H and O–H groups in total. The molecule has 0 saturated carbocycles. The Hall–Kier alpha value is -4.83. The first-order valence-corrected chi connectivity index (χ1v) is 13.0. The number of ether oxygens (including phenoxy) is 2. The van der Waals surface area contributed by atoms with Crippen LogP contribution in [0, 0.1) is 10.1 Å². The minimum Gasteiger partial charge on any atom is -0.461 e. The monoisotopic (exact) mass is 608 g/mol. The maximum absolute atomic E-state index is 12.8. The molecule has 0 amide bonds. The Morgan fingerprint density at radius 2 is 1.86 bits per heavy atom. The molecule has 0 aromatic carbocycles. The van der Waals surface area contributed by atoms with Gasteiger partial charge in [0.25, 0.3) is 0 Å². The zero-order valence-electron chi connectivity index (χ0n) is 24.3. The maximum atomic E-state index is 12.8. The third-order valence-electron chi connectivity index (χ3n) is 5.78. The van der Waals surface area contributed by atoms with Crippen LogP contribution in [-0.4, -0.2) is 66.9 Å². The van der Waals surface area contributed by atoms with Crippen molar-refractivity contribution >= 4 is 29.4 Å². The van der Waals surface area contributed by atoms with Gasteiger partial charge in [0.2, 0.25) is 17.5 Å². The van der Waals surface area contributed by atoms with E-state index in [4.69, 9.17) is 9.47 Å². The number of carbonyl (C=O) groups is 2. The van der Waals surface area contributed by atoms with Gasteiger partial charge in [0, 0.05) is 31.5 Å². The van der Waals surface area contributed by atoms with E-state index in [0.717, 1.165) is 12.3 Å². The van der Waals surface area contributed by atoms with Crippen LogP contribution in [0.15, 0.2) is 30.7 Å². The summed E-state index contributed by atoms with van der Waals surface area (Å²) in [6, 6.07) is 1.15. The van der Waals surface area contributed by atoms with Crippen molar-refractivity contribution in [1.29, 1.82) is 0 Å². The number of rotatable bonds is 11. The standard InChI is InChI=1S/C26H31F3N8O6/c1-7-42-23(39)19-20(37(40)41)21(35(6)15(2)22(38)43-25(3,4)5)34-24(33-19)31-11-17-12-32-36(14-17)13-16-8-9-18(30-10-16)26(27,28)29/h8-10,12,14-15H,7,11,13H2,1-6H3,(H,31,33,34). The van der Waals surface area contributed by atoms with E-state index in [1.165, 1.54) is 42.7 Å². The van der Waals surface area contributed by atoms with E-state index >= 15 is 0 Å². The SMILES string of the molecule is CCOC(=O)c1nc(NCc2cnn(Cc3ccc(C(F)(F)F)nc3)c2)nc(N(C)C(C)C(=O)OC(C)(C)C)c1[N+](=O)[O-]. The van der Waals surface area contributed by atoms with Crippen LogP contribution >= 0.6 is 0 Å². The summed E-state index contributed by atoms with van der Waals surface area (Å²) in [7, 11) is 1.39. The predicted octanol–water partition coefficient (Wildman–Crippen LogP) is 4.00. The van der Waals surface area contributed by atoms with E-state index in [9.17, 15) is 32.9 Å². The van der Waals surface area contributed by atoms with Crippen molar-refractivity contribution in [3.63, 3.8) is 0 Å². The Morgan fingerprint density at radius 3 is 2.42 bits per heavy atom. The molecule has 0 radical (unpaired) electrons. The van der Waals surface area contributed by atoms with Crippen molar-refractivity contribution < 1.29 is 37.2 Å². The van der Waals surface area contributed by atoms with Gasteiger partial charge in [0.1, 0.15) is 17.3 Å². The first-order valence-electron chi connectivity index (χ1n) is 13.0. The highest BCUT2D eigenvalue weighted by Gasteiger charge is 2.36. The number of pyridine rings is 1. The van der Waals surface area contributed by atoms with Gasteiger partial charge >= 0.3 is 23.8 Å². The summed E-state index contributed by atoms with van der Waals surface area (Å²) in [5.74, 6) is -2.23. The molecule has 0 aliphatic rings. The molecule has 3 aromatic heterocycles. The Bertz CT molecular complexity index is 1470. The fourth-order valence-corrected chi connectivity index (χ4v) is 3.64. The molecule has 3 heterocycles. The highest BCUT2D eigenvalue weighted by atomic mass is 19.4. The number of anilines is 2. The van der Waals surface area contributed by atoms with Crippen LogP contribution in [0.4, 0.5) is 30.6 Å². The average Bonchev–Trinajstić information content (AvgIpc) is 3.36. The third kappa shape index (κ3) is 8.59. The van der Waals surface area contributed by atoms with E-state index in [0.29, 0.717) is 11.1 Å². The second-order valence-corrected chi connectivity index (χ2v) is 10.3. The lowest BCUT2D eigenvalue weighted by Gasteiger charge is -2.28. The van der Waals surface area contributed by atoms with Crippen molar-refractivity contribution in [2.75, 3.05) is 23.9 Å². The van der Waals surface area contributed by atoms with Crippen LogP contribution in [0.1, 0.15) is 61.9 Å². The minimum absolute atomic E-state index is 0.0517. The maximum Gasteiger partial charge on any atom is 0.433 e. The number of hydrogen-bond donors (Lipinski definition) is 1. The molecule has 3 rings (SSSR count). The smallest absolute Gasteiger partial charge is 0.433 e. The third-order valence-corrected chi connectivity index (χ3v) is 5.78. The van der Waals surface area contributed by atoms with E-state index in [-0.39, 0.29) is 31.5 Å². The lowest BCUT2D eigenvalue weighted by atomic mass is 10.2. The van der Waals surface area contributed by atoms with Crippen LogP contribution in [0.5, 0.6) is 0 Å². The second-order valence-electron chi connectivity index (χ2n) is 10.3. The first kappa shape index (κ1) is 32.7. The van der Waals surface area contributed by atoms with Gasteiger partial charge in [-0.25, -0.2) is 9.59 Å². The number of alkyl halides is 3. The molecule has 232 valence electrons. The first-order chi connectivity index (χ1) is 20.0. The number of esters is 2. The minimum atomic E-state index is -4.54. The number of carbonyl (C=O) groups excluding carboxylic acids is 2. The molecule has 43 heavy (non-hydrogen) atoms. The van der Waals surface area contributed by atoms with Crippen LogP contribution in [0.2, 0.25) is 0 Å². The van der Waals surface area contributed by atoms with Gasteiger partial charge in [-0.15, -0.1) is 0 Å². The summed E-state index contributed by atoms with van der Waals surface area (Å²) in [6.45, 7) is 8.14. The van der Waals surface area contributed by atoms with Crippen molar-refractivity contribution in [3.05, 3.63) is 63.4 Å². The Balaban J connectivity index is 1.87. The van der Waals surface area contributed by atoms with Gasteiger partial charge in [-0.1, -0.05) is 6.07 Å². The van der Waals surface area contributed by atoms with Crippen LogP contribution < -0.4 is 10.2 Å². The van der Waals surface area contributed by atoms with E-state index in [1.54, 1.807) is 27.0 Å². The molecule has 0 aliphatic heterocycles. The fourth-order valence-electron chi connectivity index (χ4n) is 3.64. The Labute approximate surface area is 244 Å². The number of nitro groups is 1. The number of halogens is 3. The molecular weight excluding hydrogens is 577 g/mol. The number of nitrogens with one attached hydrogen (secondary N) is 1. The zero-order valence-corrected chi connectivity index (χ0v) is 24.3. The molecule has 3 aromatic rings. The largest absolute Gasteiger partial charge is 0.461 e. The van der Waals surface area contributed by atoms with Crippen molar-refractivity contribution in [2.24, 2.45) is 0 Å². The molecular formula is C26H31F3N8O6. The molecule has 1 unspecified atom stereocenters. The van der Waals surface area contributed by atoms with Crippen LogP contribution in [-0.2, 0) is 33.5 Å². The predicted molar refractivity (Wildman–Crippen MR) is 146 cm³/mol. The normalized spacial score (nSPS) is 12.4. The van der Waals surface area contributed by atoms with E-state index < -0.39 is 51.8 Å². The average molecular weight is 609 g/mol. The molecule has 0 aliphatic carbocycles. The molecule has 0 bridgehead atoms. The highest BCUT2D eigenvalue weighted by Crippen LogP contribution is 2.32. The lowest BCUT2D eigenvalue weighted by Crippen LogP contribution is -2.41. The van der Waals surface area contributed by atoms with E-state index in [1.807, 2.05) is 0 Å². The topological polar surface area (TPSA) is 168 Å². The molecule has 0 saturated heterocycles. The molecule has 17 heteroatoms. The van der Waals surface area contributed by atoms with Crippen LogP contribution in [0.3, 0.4) is 0 Å². The fraction of sp³-hybridized carbons (Fsp3) is 0.462. The lowest BCUT2D eigenvalue weighted by molar-refractivity contribution is -0.384. The van der Waals surface area contributed by atoms with Gasteiger partial charge in [0.15, 0.2) is 0 Å².